The molecule has 2 heterocycles. The number of nitrogens with zero attached hydrogens (tertiary/aromatic N) is 2. The van der Waals surface area contributed by atoms with E-state index in [-0.39, 0.29) is 5.91 Å². The minimum absolute atomic E-state index is 0.00510. The Kier molecular flexibility index (Phi) is 3.92. The number of rotatable bonds is 4. The highest BCUT2D eigenvalue weighted by molar-refractivity contribution is 5.97. The van der Waals surface area contributed by atoms with Crippen LogP contribution in [-0.2, 0) is 0 Å². The van der Waals surface area contributed by atoms with Crippen LogP contribution in [0.1, 0.15) is 30.6 Å². The molecule has 1 aliphatic heterocycles. The number of amides is 1. The molecule has 0 spiro atoms. The third-order valence-corrected chi connectivity index (χ3v) is 4.28. The summed E-state index contributed by atoms with van der Waals surface area (Å²) in [7, 11) is 0. The molecule has 112 valence electrons. The normalized spacial score (nSPS) is 19.5. The topological polar surface area (TPSA) is 61.0 Å². The lowest BCUT2D eigenvalue weighted by Crippen LogP contribution is -2.32. The molecule has 0 aliphatic carbocycles. The molecule has 2 N–H and O–H groups in total. The fourth-order valence-electron chi connectivity index (χ4n) is 2.91. The number of nitrogens with one attached hydrogen (secondary N) is 2. The van der Waals surface area contributed by atoms with Crippen LogP contribution in [0.15, 0.2) is 24.5 Å². The first-order valence-electron chi connectivity index (χ1n) is 7.59. The average Bonchev–Trinajstić information content (AvgIpc) is 3.12. The molecule has 1 aromatic heterocycles. The van der Waals surface area contributed by atoms with Crippen LogP contribution >= 0.6 is 0 Å². The van der Waals surface area contributed by atoms with E-state index in [1.807, 2.05) is 18.2 Å². The number of aromatic amines is 1. The van der Waals surface area contributed by atoms with Crippen molar-refractivity contribution in [2.75, 3.05) is 19.6 Å². The zero-order valence-corrected chi connectivity index (χ0v) is 12.6. The van der Waals surface area contributed by atoms with E-state index in [1.54, 1.807) is 6.33 Å². The highest BCUT2D eigenvalue weighted by Gasteiger charge is 2.24. The summed E-state index contributed by atoms with van der Waals surface area (Å²) in [5.74, 6) is 0.557. The van der Waals surface area contributed by atoms with Gasteiger partial charge in [0.25, 0.3) is 5.91 Å². The summed E-state index contributed by atoms with van der Waals surface area (Å²) in [5, 5.41) is 3.06. The van der Waals surface area contributed by atoms with E-state index in [0.29, 0.717) is 17.5 Å². The van der Waals surface area contributed by atoms with Crippen LogP contribution in [-0.4, -0.2) is 46.5 Å². The van der Waals surface area contributed by atoms with Gasteiger partial charge in [0.2, 0.25) is 0 Å². The number of imidazole rings is 1. The van der Waals surface area contributed by atoms with Gasteiger partial charge in [-0.2, -0.15) is 0 Å². The maximum Gasteiger partial charge on any atom is 0.251 e. The average molecular weight is 286 g/mol. The molecule has 5 heteroatoms. The number of aromatic nitrogens is 2. The van der Waals surface area contributed by atoms with Gasteiger partial charge in [-0.05, 0) is 50.9 Å². The summed E-state index contributed by atoms with van der Waals surface area (Å²) in [6.07, 6.45) is 2.81. The lowest BCUT2D eigenvalue weighted by atomic mass is 10.1. The van der Waals surface area contributed by atoms with Gasteiger partial charge in [-0.15, -0.1) is 0 Å². The minimum Gasteiger partial charge on any atom is -0.352 e. The maximum absolute atomic E-state index is 12.2. The van der Waals surface area contributed by atoms with Gasteiger partial charge in [-0.25, -0.2) is 4.98 Å². The quantitative estimate of drug-likeness (QED) is 0.904. The lowest BCUT2D eigenvalue weighted by Gasteiger charge is -2.20. The standard InChI is InChI=1S/C16H22N4O/c1-11(2)20-6-5-12(9-20)8-17-16(21)13-3-4-14-15(7-13)19-10-18-14/h3-4,7,10-12H,5-6,8-9H2,1-2H3,(H,17,21)(H,18,19). The second-order valence-electron chi connectivity index (χ2n) is 6.09. The van der Waals surface area contributed by atoms with E-state index in [4.69, 9.17) is 0 Å². The van der Waals surface area contributed by atoms with Gasteiger partial charge in [0.15, 0.2) is 0 Å². The number of fused-ring (bicyclic) bond motifs is 1. The van der Waals surface area contributed by atoms with Crippen molar-refractivity contribution in [3.8, 4) is 0 Å². The van der Waals surface area contributed by atoms with Crippen molar-refractivity contribution in [1.29, 1.82) is 0 Å². The molecule has 0 radical (unpaired) electrons. The fourth-order valence-corrected chi connectivity index (χ4v) is 2.91. The number of carbonyl (C=O) groups excluding carboxylic acids is 1. The highest BCUT2D eigenvalue weighted by Crippen LogP contribution is 2.18. The molecule has 1 saturated heterocycles. The van der Waals surface area contributed by atoms with Gasteiger partial charge in [0, 0.05) is 24.7 Å². The molecular formula is C16H22N4O. The molecule has 21 heavy (non-hydrogen) atoms. The lowest BCUT2D eigenvalue weighted by molar-refractivity contribution is 0.0947. The molecule has 1 unspecified atom stereocenters. The largest absolute Gasteiger partial charge is 0.352 e. The molecule has 1 atom stereocenters. The maximum atomic E-state index is 12.2. The highest BCUT2D eigenvalue weighted by atomic mass is 16.1. The molecule has 3 rings (SSSR count). The molecule has 1 amide bonds. The van der Waals surface area contributed by atoms with Gasteiger partial charge in [-0.3, -0.25) is 4.79 Å². The number of benzene rings is 1. The van der Waals surface area contributed by atoms with E-state index in [2.05, 4.69) is 34.0 Å². The third kappa shape index (κ3) is 3.08. The van der Waals surface area contributed by atoms with Crippen LogP contribution in [0.5, 0.6) is 0 Å². The summed E-state index contributed by atoms with van der Waals surface area (Å²) in [6.45, 7) is 7.42. The summed E-state index contributed by atoms with van der Waals surface area (Å²) < 4.78 is 0. The Morgan fingerprint density at radius 3 is 3.14 bits per heavy atom. The van der Waals surface area contributed by atoms with Crippen LogP contribution in [0, 0.1) is 5.92 Å². The Morgan fingerprint density at radius 2 is 2.38 bits per heavy atom. The summed E-state index contributed by atoms with van der Waals surface area (Å²) in [4.78, 5) is 21.9. The molecule has 5 nitrogen and oxygen atoms in total. The zero-order chi connectivity index (χ0) is 14.8. The van der Waals surface area contributed by atoms with E-state index in [9.17, 15) is 4.79 Å². The smallest absolute Gasteiger partial charge is 0.251 e. The van der Waals surface area contributed by atoms with Crippen molar-refractivity contribution in [3.05, 3.63) is 30.1 Å². The van der Waals surface area contributed by atoms with Crippen LogP contribution in [0.25, 0.3) is 11.0 Å². The van der Waals surface area contributed by atoms with Crippen molar-refractivity contribution in [1.82, 2.24) is 20.2 Å². The van der Waals surface area contributed by atoms with Crippen molar-refractivity contribution in [2.45, 2.75) is 26.3 Å². The Hall–Kier alpha value is -1.88. The second-order valence-corrected chi connectivity index (χ2v) is 6.09. The molecular weight excluding hydrogens is 264 g/mol. The van der Waals surface area contributed by atoms with Gasteiger partial charge in [0.1, 0.15) is 0 Å². The van der Waals surface area contributed by atoms with Gasteiger partial charge < -0.3 is 15.2 Å². The van der Waals surface area contributed by atoms with E-state index < -0.39 is 0 Å². The first-order valence-corrected chi connectivity index (χ1v) is 7.59. The Labute approximate surface area is 124 Å². The van der Waals surface area contributed by atoms with Crippen molar-refractivity contribution < 1.29 is 4.79 Å². The van der Waals surface area contributed by atoms with Crippen LogP contribution in [0.4, 0.5) is 0 Å². The Morgan fingerprint density at radius 1 is 1.52 bits per heavy atom. The molecule has 0 saturated carbocycles. The number of hydrogen-bond acceptors (Lipinski definition) is 3. The van der Waals surface area contributed by atoms with Gasteiger partial charge in [-0.1, -0.05) is 0 Å². The van der Waals surface area contributed by atoms with Crippen molar-refractivity contribution in [2.24, 2.45) is 5.92 Å². The molecule has 0 bridgehead atoms. The molecule has 2 aromatic rings. The van der Waals surface area contributed by atoms with Gasteiger partial charge >= 0.3 is 0 Å². The van der Waals surface area contributed by atoms with E-state index >= 15 is 0 Å². The van der Waals surface area contributed by atoms with E-state index in [0.717, 1.165) is 37.1 Å². The number of likely N-dealkylation sites (tertiary alicyclic amines) is 1. The predicted molar refractivity (Wildman–Crippen MR) is 83.2 cm³/mol. The van der Waals surface area contributed by atoms with Gasteiger partial charge in [0.05, 0.1) is 17.4 Å². The monoisotopic (exact) mass is 286 g/mol. The number of carbonyl (C=O) groups is 1. The first kappa shape index (κ1) is 14.1. The van der Waals surface area contributed by atoms with Crippen LogP contribution in [0.3, 0.4) is 0 Å². The Bertz CT molecular complexity index is 634. The predicted octanol–water partition coefficient (Wildman–Crippen LogP) is 2.02. The summed E-state index contributed by atoms with van der Waals surface area (Å²) in [5.41, 5.74) is 2.47. The first-order chi connectivity index (χ1) is 10.1. The fraction of sp³-hybridized carbons (Fsp3) is 0.500. The molecule has 1 aliphatic rings. The second kappa shape index (κ2) is 5.85. The number of hydrogen-bond donors (Lipinski definition) is 2. The minimum atomic E-state index is -0.00510. The summed E-state index contributed by atoms with van der Waals surface area (Å²) in [6, 6.07) is 6.14. The SMILES string of the molecule is CC(C)N1CCC(CNC(=O)c2ccc3nc[nH]c3c2)C1. The third-order valence-electron chi connectivity index (χ3n) is 4.28. The molecule has 1 aromatic carbocycles. The van der Waals surface area contributed by atoms with Crippen LogP contribution < -0.4 is 5.32 Å². The Balaban J connectivity index is 1.57. The number of H-pyrrole nitrogens is 1. The zero-order valence-electron chi connectivity index (χ0n) is 12.6. The van der Waals surface area contributed by atoms with Crippen molar-refractivity contribution >= 4 is 16.9 Å². The summed E-state index contributed by atoms with van der Waals surface area (Å²) >= 11 is 0. The van der Waals surface area contributed by atoms with E-state index in [1.165, 1.54) is 0 Å². The molecule has 1 fully saturated rings. The van der Waals surface area contributed by atoms with Crippen molar-refractivity contribution in [3.63, 3.8) is 0 Å². The van der Waals surface area contributed by atoms with Crippen LogP contribution in [0.2, 0.25) is 0 Å².